The van der Waals surface area contributed by atoms with Gasteiger partial charge < -0.3 is 10.3 Å². The zero-order chi connectivity index (χ0) is 17.1. The summed E-state index contributed by atoms with van der Waals surface area (Å²) in [7, 11) is 0. The molecule has 0 radical (unpaired) electrons. The van der Waals surface area contributed by atoms with Gasteiger partial charge in [0.05, 0.1) is 11.0 Å². The van der Waals surface area contributed by atoms with E-state index in [0.717, 1.165) is 23.2 Å². The van der Waals surface area contributed by atoms with E-state index in [9.17, 15) is 18.4 Å². The number of aryl methyl sites for hydroxylation is 1. The molecule has 2 aromatic carbocycles. The minimum atomic E-state index is -1.06. The number of imidazole rings is 1. The Bertz CT molecular complexity index is 946. The Kier molecular flexibility index (Phi) is 4.41. The van der Waals surface area contributed by atoms with Crippen molar-refractivity contribution in [3.63, 3.8) is 0 Å². The second-order valence-electron chi connectivity index (χ2n) is 5.34. The van der Waals surface area contributed by atoms with Crippen LogP contribution in [0, 0.1) is 11.6 Å². The van der Waals surface area contributed by atoms with Crippen LogP contribution in [0.3, 0.4) is 0 Å². The molecule has 1 aromatic heterocycles. The van der Waals surface area contributed by atoms with Crippen LogP contribution in [0.1, 0.15) is 16.8 Å². The highest BCUT2D eigenvalue weighted by Crippen LogP contribution is 2.10. The molecule has 1 heterocycles. The van der Waals surface area contributed by atoms with Crippen molar-refractivity contribution < 1.29 is 13.6 Å². The van der Waals surface area contributed by atoms with Gasteiger partial charge in [-0.1, -0.05) is 12.1 Å². The highest BCUT2D eigenvalue weighted by atomic mass is 19.2. The molecule has 0 aliphatic heterocycles. The van der Waals surface area contributed by atoms with Gasteiger partial charge in [-0.25, -0.2) is 13.6 Å². The number of benzene rings is 2. The van der Waals surface area contributed by atoms with Crippen LogP contribution in [0.4, 0.5) is 8.78 Å². The number of H-pyrrole nitrogens is 1. The molecule has 3 rings (SSSR count). The molecule has 0 fully saturated rings. The van der Waals surface area contributed by atoms with E-state index in [1.807, 2.05) is 24.3 Å². The van der Waals surface area contributed by atoms with Gasteiger partial charge in [-0.05, 0) is 36.8 Å². The molecule has 0 saturated carbocycles. The number of rotatable bonds is 5. The first-order valence-corrected chi connectivity index (χ1v) is 7.47. The minimum absolute atomic E-state index is 0.0539. The van der Waals surface area contributed by atoms with Crippen molar-refractivity contribution in [1.82, 2.24) is 14.9 Å². The summed E-state index contributed by atoms with van der Waals surface area (Å²) in [5, 5.41) is 2.62. The number of amides is 1. The third kappa shape index (κ3) is 3.19. The largest absolute Gasteiger partial charge is 0.352 e. The molecule has 3 aromatic rings. The number of aromatic amines is 1. The number of aromatic nitrogens is 2. The Hall–Kier alpha value is -2.96. The number of halogens is 2. The monoisotopic (exact) mass is 331 g/mol. The van der Waals surface area contributed by atoms with Gasteiger partial charge in [0.25, 0.3) is 5.91 Å². The fourth-order valence-corrected chi connectivity index (χ4v) is 2.51. The second-order valence-corrected chi connectivity index (χ2v) is 5.34. The summed E-state index contributed by atoms with van der Waals surface area (Å²) >= 11 is 0. The summed E-state index contributed by atoms with van der Waals surface area (Å²) in [6.07, 6.45) is 0.525. The van der Waals surface area contributed by atoms with Crippen LogP contribution < -0.4 is 11.0 Å². The van der Waals surface area contributed by atoms with Gasteiger partial charge in [0, 0.05) is 18.7 Å². The number of carbonyl (C=O) groups excluding carboxylic acids is 1. The fraction of sp³-hybridized carbons (Fsp3) is 0.176. The van der Waals surface area contributed by atoms with Crippen LogP contribution in [0.5, 0.6) is 0 Å². The van der Waals surface area contributed by atoms with Gasteiger partial charge in [-0.15, -0.1) is 0 Å². The van der Waals surface area contributed by atoms with Crippen LogP contribution >= 0.6 is 0 Å². The summed E-state index contributed by atoms with van der Waals surface area (Å²) < 4.78 is 27.6. The molecule has 0 atom stereocenters. The number of carbonyl (C=O) groups is 1. The van der Waals surface area contributed by atoms with E-state index in [-0.39, 0.29) is 11.3 Å². The average molecular weight is 331 g/mol. The van der Waals surface area contributed by atoms with E-state index < -0.39 is 17.5 Å². The molecule has 24 heavy (non-hydrogen) atoms. The molecule has 0 bridgehead atoms. The van der Waals surface area contributed by atoms with Crippen molar-refractivity contribution in [2.75, 3.05) is 6.54 Å². The number of hydrogen-bond acceptors (Lipinski definition) is 2. The molecule has 2 N–H and O–H groups in total. The molecule has 0 saturated heterocycles. The average Bonchev–Trinajstić information content (AvgIpc) is 2.89. The fourth-order valence-electron chi connectivity index (χ4n) is 2.51. The predicted molar refractivity (Wildman–Crippen MR) is 85.9 cm³/mol. The Morgan fingerprint density at radius 2 is 1.92 bits per heavy atom. The van der Waals surface area contributed by atoms with Crippen molar-refractivity contribution in [2.24, 2.45) is 0 Å². The van der Waals surface area contributed by atoms with Crippen LogP contribution in [0.15, 0.2) is 47.3 Å². The molecule has 0 unspecified atom stereocenters. The number of hydrogen-bond donors (Lipinski definition) is 2. The van der Waals surface area contributed by atoms with Gasteiger partial charge in [-0.2, -0.15) is 0 Å². The Balaban J connectivity index is 1.58. The molecular formula is C17H15F2N3O2. The lowest BCUT2D eigenvalue weighted by molar-refractivity contribution is 0.0952. The molecule has 1 amide bonds. The first-order valence-electron chi connectivity index (χ1n) is 7.47. The van der Waals surface area contributed by atoms with E-state index in [2.05, 4.69) is 10.3 Å². The van der Waals surface area contributed by atoms with Crippen molar-refractivity contribution >= 4 is 16.9 Å². The highest BCUT2D eigenvalue weighted by molar-refractivity contribution is 5.94. The van der Waals surface area contributed by atoms with E-state index in [1.54, 1.807) is 4.57 Å². The van der Waals surface area contributed by atoms with Gasteiger partial charge in [-0.3, -0.25) is 9.36 Å². The normalized spacial score (nSPS) is 10.9. The van der Waals surface area contributed by atoms with E-state index >= 15 is 0 Å². The molecular weight excluding hydrogens is 316 g/mol. The van der Waals surface area contributed by atoms with Crippen molar-refractivity contribution in [3.05, 3.63) is 70.1 Å². The smallest absolute Gasteiger partial charge is 0.326 e. The van der Waals surface area contributed by atoms with Gasteiger partial charge in [0.1, 0.15) is 0 Å². The summed E-state index contributed by atoms with van der Waals surface area (Å²) in [4.78, 5) is 26.5. The van der Waals surface area contributed by atoms with Gasteiger partial charge in [0.2, 0.25) is 0 Å². The quantitative estimate of drug-likeness (QED) is 0.705. The van der Waals surface area contributed by atoms with E-state index in [1.165, 1.54) is 6.07 Å². The molecule has 124 valence electrons. The summed E-state index contributed by atoms with van der Waals surface area (Å²) in [5.74, 6) is -2.54. The Labute approximate surface area is 135 Å². The number of fused-ring (bicyclic) bond motifs is 1. The van der Waals surface area contributed by atoms with Crippen molar-refractivity contribution in [3.8, 4) is 0 Å². The maximum atomic E-state index is 13.1. The predicted octanol–water partition coefficient (Wildman–Crippen LogP) is 2.43. The molecule has 0 aliphatic carbocycles. The van der Waals surface area contributed by atoms with Gasteiger partial charge in [0.15, 0.2) is 11.6 Å². The summed E-state index contributed by atoms with van der Waals surface area (Å²) in [6, 6.07) is 10.3. The molecule has 7 heteroatoms. The molecule has 0 aliphatic rings. The maximum Gasteiger partial charge on any atom is 0.326 e. The SMILES string of the molecule is O=C(NCCCn1c(=O)[nH]c2ccccc21)c1ccc(F)c(F)c1. The lowest BCUT2D eigenvalue weighted by Crippen LogP contribution is -2.26. The van der Waals surface area contributed by atoms with Crippen LogP contribution in [0.2, 0.25) is 0 Å². The standard InChI is InChI=1S/C17H15F2N3O2/c18-12-7-6-11(10-13(12)19)16(23)20-8-3-9-22-15-5-2-1-4-14(15)21-17(22)24/h1-2,4-7,10H,3,8-9H2,(H,20,23)(H,21,24). The molecule has 5 nitrogen and oxygen atoms in total. The first-order chi connectivity index (χ1) is 11.6. The van der Waals surface area contributed by atoms with Crippen LogP contribution in [-0.4, -0.2) is 22.0 Å². The topological polar surface area (TPSA) is 66.9 Å². The number of para-hydroxylation sites is 2. The minimum Gasteiger partial charge on any atom is -0.352 e. The Morgan fingerprint density at radius 3 is 2.71 bits per heavy atom. The van der Waals surface area contributed by atoms with Crippen molar-refractivity contribution in [1.29, 1.82) is 0 Å². The van der Waals surface area contributed by atoms with E-state index in [0.29, 0.717) is 19.5 Å². The number of nitrogens with one attached hydrogen (secondary N) is 2. The van der Waals surface area contributed by atoms with Crippen LogP contribution in [-0.2, 0) is 6.54 Å². The lowest BCUT2D eigenvalue weighted by Gasteiger charge is -2.06. The van der Waals surface area contributed by atoms with E-state index in [4.69, 9.17) is 0 Å². The zero-order valence-corrected chi connectivity index (χ0v) is 12.7. The Morgan fingerprint density at radius 1 is 1.12 bits per heavy atom. The lowest BCUT2D eigenvalue weighted by atomic mass is 10.2. The summed E-state index contributed by atoms with van der Waals surface area (Å²) in [5.41, 5.74) is 1.41. The maximum absolute atomic E-state index is 13.1. The van der Waals surface area contributed by atoms with Gasteiger partial charge >= 0.3 is 5.69 Å². The van der Waals surface area contributed by atoms with Crippen molar-refractivity contribution in [2.45, 2.75) is 13.0 Å². The third-order valence-electron chi connectivity index (χ3n) is 3.71. The first kappa shape index (κ1) is 15.9. The second kappa shape index (κ2) is 6.66. The summed E-state index contributed by atoms with van der Waals surface area (Å²) in [6.45, 7) is 0.741. The van der Waals surface area contributed by atoms with Crippen LogP contribution in [0.25, 0.3) is 11.0 Å². The molecule has 0 spiro atoms. The number of nitrogens with zero attached hydrogens (tertiary/aromatic N) is 1. The zero-order valence-electron chi connectivity index (χ0n) is 12.7. The highest BCUT2D eigenvalue weighted by Gasteiger charge is 2.10. The third-order valence-corrected chi connectivity index (χ3v) is 3.71.